The number of aryl methyl sites for hydroxylation is 1. The first-order valence-electron chi connectivity index (χ1n) is 7.49. The highest BCUT2D eigenvalue weighted by Crippen LogP contribution is 2.34. The molecule has 0 bridgehead atoms. The van der Waals surface area contributed by atoms with Gasteiger partial charge in [0.2, 0.25) is 5.91 Å². The number of nitrogens with one attached hydrogen (secondary N) is 1. The minimum absolute atomic E-state index is 0.119. The number of amides is 1. The first-order valence-corrected chi connectivity index (χ1v) is 8.47. The van der Waals surface area contributed by atoms with E-state index in [4.69, 9.17) is 0 Å². The van der Waals surface area contributed by atoms with Crippen molar-refractivity contribution in [2.75, 3.05) is 29.1 Å². The number of benzene rings is 2. The molecule has 1 N–H and O–H groups in total. The number of thioether (sulfide) groups is 1. The molecule has 114 valence electrons. The van der Waals surface area contributed by atoms with Crippen LogP contribution in [0.2, 0.25) is 0 Å². The number of carbonyl (C=O) groups excluding carboxylic acids is 1. The van der Waals surface area contributed by atoms with Crippen molar-refractivity contribution in [2.45, 2.75) is 18.7 Å². The third-order valence-electron chi connectivity index (χ3n) is 4.06. The second-order valence-electron chi connectivity index (χ2n) is 5.46. The molecule has 22 heavy (non-hydrogen) atoms. The molecule has 1 aliphatic rings. The van der Waals surface area contributed by atoms with E-state index in [2.05, 4.69) is 31.3 Å². The zero-order chi connectivity index (χ0) is 15.5. The van der Waals surface area contributed by atoms with Crippen LogP contribution in [0.15, 0.2) is 47.4 Å². The highest BCUT2D eigenvalue weighted by atomic mass is 32.2. The number of hydrogen-bond acceptors (Lipinski definition) is 3. The number of para-hydroxylation sites is 1. The molecule has 3 rings (SSSR count). The number of rotatable bonds is 3. The first-order chi connectivity index (χ1) is 10.7. The van der Waals surface area contributed by atoms with Crippen molar-refractivity contribution in [3.63, 3.8) is 0 Å². The second-order valence-corrected chi connectivity index (χ2v) is 6.60. The molecule has 1 aliphatic heterocycles. The number of nitrogens with zero attached hydrogens (tertiary/aromatic N) is 1. The van der Waals surface area contributed by atoms with Gasteiger partial charge in [0.15, 0.2) is 0 Å². The van der Waals surface area contributed by atoms with Gasteiger partial charge in [0, 0.05) is 22.9 Å². The van der Waals surface area contributed by atoms with Crippen molar-refractivity contribution in [3.8, 4) is 0 Å². The Morgan fingerprint density at radius 2 is 2.00 bits per heavy atom. The van der Waals surface area contributed by atoms with E-state index in [-0.39, 0.29) is 5.91 Å². The lowest BCUT2D eigenvalue weighted by atomic mass is 10.1. The predicted molar refractivity (Wildman–Crippen MR) is 93.9 cm³/mol. The number of carbonyl (C=O) groups is 1. The highest BCUT2D eigenvalue weighted by molar-refractivity contribution is 7.99. The average molecular weight is 312 g/mol. The maximum absolute atomic E-state index is 12.6. The molecule has 0 atom stereocenters. The van der Waals surface area contributed by atoms with Gasteiger partial charge in [-0.1, -0.05) is 24.3 Å². The smallest absolute Gasteiger partial charge is 0.246 e. The maximum Gasteiger partial charge on any atom is 0.246 e. The number of hydrogen-bond donors (Lipinski definition) is 1. The fourth-order valence-electron chi connectivity index (χ4n) is 2.64. The normalized spacial score (nSPS) is 13.6. The Morgan fingerprint density at radius 1 is 1.18 bits per heavy atom. The summed E-state index contributed by atoms with van der Waals surface area (Å²) >= 11 is 1.81. The van der Waals surface area contributed by atoms with Crippen LogP contribution in [0, 0.1) is 13.8 Å². The largest absolute Gasteiger partial charge is 0.376 e. The molecule has 0 aromatic heterocycles. The molecular weight excluding hydrogens is 292 g/mol. The lowest BCUT2D eigenvalue weighted by molar-refractivity contribution is -0.117. The van der Waals surface area contributed by atoms with Crippen LogP contribution in [0.5, 0.6) is 0 Å². The predicted octanol–water partition coefficient (Wildman–Crippen LogP) is 3.85. The lowest BCUT2D eigenvalue weighted by Crippen LogP contribution is -2.39. The fraction of sp³-hybridized carbons (Fsp3) is 0.278. The van der Waals surface area contributed by atoms with Crippen LogP contribution in [0.4, 0.5) is 11.4 Å². The summed E-state index contributed by atoms with van der Waals surface area (Å²) in [5.41, 5.74) is 4.50. The van der Waals surface area contributed by atoms with Crippen LogP contribution in [-0.4, -0.2) is 24.7 Å². The molecule has 0 saturated heterocycles. The third-order valence-corrected chi connectivity index (χ3v) is 5.11. The van der Waals surface area contributed by atoms with Crippen molar-refractivity contribution < 1.29 is 4.79 Å². The van der Waals surface area contributed by atoms with Gasteiger partial charge in [0.05, 0.1) is 12.2 Å². The topological polar surface area (TPSA) is 32.3 Å². The van der Waals surface area contributed by atoms with Gasteiger partial charge in [-0.15, -0.1) is 11.8 Å². The minimum atomic E-state index is 0.119. The van der Waals surface area contributed by atoms with Crippen LogP contribution < -0.4 is 10.2 Å². The van der Waals surface area contributed by atoms with E-state index in [1.54, 1.807) is 0 Å². The summed E-state index contributed by atoms with van der Waals surface area (Å²) in [5, 5.41) is 3.28. The van der Waals surface area contributed by atoms with Gasteiger partial charge in [-0.2, -0.15) is 0 Å². The highest BCUT2D eigenvalue weighted by Gasteiger charge is 2.22. The Kier molecular flexibility index (Phi) is 4.39. The monoisotopic (exact) mass is 312 g/mol. The van der Waals surface area contributed by atoms with Gasteiger partial charge >= 0.3 is 0 Å². The first kappa shape index (κ1) is 15.0. The zero-order valence-corrected chi connectivity index (χ0v) is 13.7. The summed E-state index contributed by atoms with van der Waals surface area (Å²) in [6.45, 7) is 5.26. The van der Waals surface area contributed by atoms with Crippen molar-refractivity contribution in [3.05, 3.63) is 53.6 Å². The standard InChI is InChI=1S/C18H20N2OS/c1-13-6-5-7-15(14(13)2)19-12-18(21)20-10-11-22-17-9-4-3-8-16(17)20/h3-9,19H,10-12H2,1-2H3. The van der Waals surface area contributed by atoms with Crippen molar-refractivity contribution in [1.82, 2.24) is 0 Å². The fourth-order valence-corrected chi connectivity index (χ4v) is 3.63. The Hall–Kier alpha value is -1.94. The summed E-state index contributed by atoms with van der Waals surface area (Å²) in [4.78, 5) is 15.7. The molecule has 1 amide bonds. The molecule has 0 radical (unpaired) electrons. The van der Waals surface area contributed by atoms with E-state index in [9.17, 15) is 4.79 Å². The number of fused-ring (bicyclic) bond motifs is 1. The molecule has 0 fully saturated rings. The second kappa shape index (κ2) is 6.44. The molecule has 2 aromatic rings. The molecule has 0 spiro atoms. The summed E-state index contributed by atoms with van der Waals surface area (Å²) in [7, 11) is 0. The van der Waals surface area contributed by atoms with E-state index < -0.39 is 0 Å². The zero-order valence-electron chi connectivity index (χ0n) is 12.9. The maximum atomic E-state index is 12.6. The van der Waals surface area contributed by atoms with Crippen molar-refractivity contribution >= 4 is 29.0 Å². The van der Waals surface area contributed by atoms with Gasteiger partial charge in [-0.3, -0.25) is 4.79 Å². The van der Waals surface area contributed by atoms with Crippen LogP contribution in [0.3, 0.4) is 0 Å². The Bertz CT molecular complexity index is 699. The van der Waals surface area contributed by atoms with E-state index in [1.807, 2.05) is 47.0 Å². The van der Waals surface area contributed by atoms with Gasteiger partial charge in [0.25, 0.3) is 0 Å². The van der Waals surface area contributed by atoms with Gasteiger partial charge in [0.1, 0.15) is 0 Å². The molecular formula is C18H20N2OS. The molecule has 0 aliphatic carbocycles. The van der Waals surface area contributed by atoms with E-state index in [0.717, 1.165) is 23.7 Å². The molecule has 0 unspecified atom stereocenters. The minimum Gasteiger partial charge on any atom is -0.376 e. The quantitative estimate of drug-likeness (QED) is 0.934. The van der Waals surface area contributed by atoms with E-state index in [1.165, 1.54) is 16.0 Å². The molecule has 2 aromatic carbocycles. The lowest BCUT2D eigenvalue weighted by Gasteiger charge is -2.29. The van der Waals surface area contributed by atoms with Crippen LogP contribution >= 0.6 is 11.8 Å². The van der Waals surface area contributed by atoms with Crippen molar-refractivity contribution in [1.29, 1.82) is 0 Å². The number of anilines is 2. The summed E-state index contributed by atoms with van der Waals surface area (Å²) < 4.78 is 0. The summed E-state index contributed by atoms with van der Waals surface area (Å²) in [6, 6.07) is 14.2. The van der Waals surface area contributed by atoms with Gasteiger partial charge in [-0.25, -0.2) is 0 Å². The Labute approximate surface area is 135 Å². The summed E-state index contributed by atoms with van der Waals surface area (Å²) in [6.07, 6.45) is 0. The molecule has 4 heteroatoms. The van der Waals surface area contributed by atoms with Gasteiger partial charge < -0.3 is 10.2 Å². The van der Waals surface area contributed by atoms with Crippen LogP contribution in [0.1, 0.15) is 11.1 Å². The Balaban J connectivity index is 1.72. The van der Waals surface area contributed by atoms with Gasteiger partial charge in [-0.05, 0) is 43.2 Å². The average Bonchev–Trinajstić information content (AvgIpc) is 2.55. The van der Waals surface area contributed by atoms with Crippen molar-refractivity contribution in [2.24, 2.45) is 0 Å². The van der Waals surface area contributed by atoms with E-state index in [0.29, 0.717) is 6.54 Å². The Morgan fingerprint density at radius 3 is 2.86 bits per heavy atom. The van der Waals surface area contributed by atoms with Crippen LogP contribution in [-0.2, 0) is 4.79 Å². The molecule has 0 saturated carbocycles. The molecule has 1 heterocycles. The van der Waals surface area contributed by atoms with E-state index >= 15 is 0 Å². The molecule has 3 nitrogen and oxygen atoms in total. The SMILES string of the molecule is Cc1cccc(NCC(=O)N2CCSc3ccccc32)c1C. The third kappa shape index (κ3) is 2.97. The van der Waals surface area contributed by atoms with Crippen LogP contribution in [0.25, 0.3) is 0 Å². The summed E-state index contributed by atoms with van der Waals surface area (Å²) in [5.74, 6) is 1.07.